The van der Waals surface area contributed by atoms with Gasteiger partial charge in [-0.15, -0.1) is 0 Å². The largest absolute Gasteiger partial charge is 0.416 e. The Bertz CT molecular complexity index is 652. The number of sulfonamides is 1. The van der Waals surface area contributed by atoms with E-state index in [0.29, 0.717) is 44.2 Å². The maximum Gasteiger partial charge on any atom is 0.416 e. The van der Waals surface area contributed by atoms with Crippen molar-refractivity contribution in [1.29, 1.82) is 0 Å². The average Bonchev–Trinajstić information content (AvgIpc) is 2.52. The highest BCUT2D eigenvalue weighted by Gasteiger charge is 2.32. The topological polar surface area (TPSA) is 40.6 Å². The molecular weight excluding hydrogens is 341 g/mol. The van der Waals surface area contributed by atoms with Crippen molar-refractivity contribution in [2.45, 2.75) is 26.4 Å². The molecule has 0 spiro atoms. The first-order chi connectivity index (χ1) is 11.1. The molecule has 0 bridgehead atoms. The van der Waals surface area contributed by atoms with Crippen molar-refractivity contribution < 1.29 is 21.6 Å². The molecule has 0 saturated carbocycles. The molecule has 1 aromatic rings. The van der Waals surface area contributed by atoms with Crippen molar-refractivity contribution >= 4 is 15.7 Å². The minimum atomic E-state index is -4.38. The molecule has 8 heteroatoms. The minimum absolute atomic E-state index is 0.119. The zero-order valence-electron chi connectivity index (χ0n) is 13.9. The summed E-state index contributed by atoms with van der Waals surface area (Å²) in [6.45, 7) is 5.33. The van der Waals surface area contributed by atoms with E-state index in [2.05, 4.69) is 0 Å². The second-order valence-electron chi connectivity index (χ2n) is 6.43. The first kappa shape index (κ1) is 19.1. The van der Waals surface area contributed by atoms with E-state index in [1.165, 1.54) is 10.4 Å². The predicted molar refractivity (Wildman–Crippen MR) is 88.5 cm³/mol. The number of alkyl halides is 3. The van der Waals surface area contributed by atoms with Gasteiger partial charge < -0.3 is 4.90 Å². The van der Waals surface area contributed by atoms with Gasteiger partial charge in [0.15, 0.2) is 0 Å². The van der Waals surface area contributed by atoms with Crippen molar-refractivity contribution in [3.8, 4) is 0 Å². The Morgan fingerprint density at radius 2 is 1.75 bits per heavy atom. The van der Waals surface area contributed by atoms with Crippen LogP contribution < -0.4 is 4.90 Å². The highest BCUT2D eigenvalue weighted by atomic mass is 32.2. The summed E-state index contributed by atoms with van der Waals surface area (Å²) in [4.78, 5) is 1.80. The van der Waals surface area contributed by atoms with E-state index in [0.717, 1.165) is 12.1 Å². The Kier molecular flexibility index (Phi) is 5.80. The lowest BCUT2D eigenvalue weighted by Gasteiger charge is -2.35. The number of nitrogens with zero attached hydrogens (tertiary/aromatic N) is 2. The van der Waals surface area contributed by atoms with Gasteiger partial charge in [-0.1, -0.05) is 19.9 Å². The highest BCUT2D eigenvalue weighted by molar-refractivity contribution is 7.89. The predicted octanol–water partition coefficient (Wildman–Crippen LogP) is 3.20. The van der Waals surface area contributed by atoms with Gasteiger partial charge in [-0.2, -0.15) is 17.5 Å². The molecule has 0 radical (unpaired) electrons. The maximum atomic E-state index is 12.8. The summed E-state index contributed by atoms with van der Waals surface area (Å²) in [6, 6.07) is 5.15. The first-order valence-electron chi connectivity index (χ1n) is 7.99. The molecule has 4 nitrogen and oxygen atoms in total. The van der Waals surface area contributed by atoms with Gasteiger partial charge >= 0.3 is 6.18 Å². The Morgan fingerprint density at radius 1 is 1.12 bits per heavy atom. The molecule has 1 aliphatic heterocycles. The molecule has 1 saturated heterocycles. The van der Waals surface area contributed by atoms with E-state index >= 15 is 0 Å². The van der Waals surface area contributed by atoms with Crippen LogP contribution in [0.4, 0.5) is 18.9 Å². The molecule has 0 atom stereocenters. The number of benzene rings is 1. The first-order valence-corrected chi connectivity index (χ1v) is 9.60. The molecular formula is C16H23F3N2O2S. The van der Waals surface area contributed by atoms with Crippen molar-refractivity contribution in [2.75, 3.05) is 36.8 Å². The lowest BCUT2D eigenvalue weighted by Crippen LogP contribution is -2.49. The number of halogens is 3. The summed E-state index contributed by atoms with van der Waals surface area (Å²) in [5.74, 6) is 0.431. The molecule has 136 valence electrons. The average molecular weight is 364 g/mol. The van der Waals surface area contributed by atoms with E-state index in [9.17, 15) is 21.6 Å². The second-order valence-corrected chi connectivity index (χ2v) is 8.52. The van der Waals surface area contributed by atoms with Crippen LogP contribution in [0, 0.1) is 5.92 Å². The van der Waals surface area contributed by atoms with Gasteiger partial charge in [0.05, 0.1) is 11.3 Å². The molecule has 0 aliphatic carbocycles. The van der Waals surface area contributed by atoms with E-state index in [1.807, 2.05) is 13.8 Å². The van der Waals surface area contributed by atoms with Crippen LogP contribution >= 0.6 is 0 Å². The lowest BCUT2D eigenvalue weighted by molar-refractivity contribution is -0.137. The molecule has 1 heterocycles. The lowest BCUT2D eigenvalue weighted by atomic mass is 10.1. The molecule has 0 aromatic heterocycles. The summed E-state index contributed by atoms with van der Waals surface area (Å²) in [5, 5.41) is 0. The van der Waals surface area contributed by atoms with Crippen molar-refractivity contribution in [3.63, 3.8) is 0 Å². The molecule has 1 aromatic carbocycles. The Hall–Kier alpha value is -1.28. The summed E-state index contributed by atoms with van der Waals surface area (Å²) < 4.78 is 64.4. The van der Waals surface area contributed by atoms with E-state index in [4.69, 9.17) is 0 Å². The van der Waals surface area contributed by atoms with E-state index in [-0.39, 0.29) is 5.75 Å². The van der Waals surface area contributed by atoms with Gasteiger partial charge in [-0.25, -0.2) is 8.42 Å². The number of rotatable bonds is 5. The van der Waals surface area contributed by atoms with Crippen LogP contribution in [-0.2, 0) is 16.2 Å². The Morgan fingerprint density at radius 3 is 2.29 bits per heavy atom. The third-order valence-corrected chi connectivity index (χ3v) is 6.03. The minimum Gasteiger partial charge on any atom is -0.369 e. The fourth-order valence-electron chi connectivity index (χ4n) is 2.62. The smallest absolute Gasteiger partial charge is 0.369 e. The van der Waals surface area contributed by atoms with Crippen LogP contribution in [0.3, 0.4) is 0 Å². The van der Waals surface area contributed by atoms with Gasteiger partial charge in [0, 0.05) is 31.9 Å². The van der Waals surface area contributed by atoms with E-state index in [1.54, 1.807) is 11.0 Å². The molecule has 1 fully saturated rings. The maximum absolute atomic E-state index is 12.8. The molecule has 24 heavy (non-hydrogen) atoms. The fraction of sp³-hybridized carbons (Fsp3) is 0.625. The van der Waals surface area contributed by atoms with Crippen LogP contribution in [0.5, 0.6) is 0 Å². The van der Waals surface area contributed by atoms with Crippen LogP contribution in [0.2, 0.25) is 0 Å². The number of piperazine rings is 1. The van der Waals surface area contributed by atoms with Crippen LogP contribution in [-0.4, -0.2) is 44.7 Å². The highest BCUT2D eigenvalue weighted by Crippen LogP contribution is 2.32. The standard InChI is InChI=1S/C16H23F3N2O2S/c1-13(2)6-11-24(22,23)21-9-7-20(8-10-21)15-5-3-4-14(12-15)16(17,18)19/h3-5,12-13H,6-11H2,1-2H3. The molecule has 0 unspecified atom stereocenters. The van der Waals surface area contributed by atoms with Crippen molar-refractivity contribution in [1.82, 2.24) is 4.31 Å². The van der Waals surface area contributed by atoms with Gasteiger partial charge in [0.2, 0.25) is 10.0 Å². The zero-order chi connectivity index (χ0) is 18.0. The summed E-state index contributed by atoms with van der Waals surface area (Å²) in [7, 11) is -3.29. The second kappa shape index (κ2) is 7.31. The van der Waals surface area contributed by atoms with Crippen LogP contribution in [0.15, 0.2) is 24.3 Å². The summed E-state index contributed by atoms with van der Waals surface area (Å²) in [6.07, 6.45) is -3.77. The third-order valence-electron chi connectivity index (χ3n) is 4.12. The molecule has 1 aliphatic rings. The van der Waals surface area contributed by atoms with Crippen LogP contribution in [0.1, 0.15) is 25.8 Å². The Balaban J connectivity index is 2.00. The zero-order valence-corrected chi connectivity index (χ0v) is 14.7. The Labute approximate surface area is 141 Å². The van der Waals surface area contributed by atoms with Gasteiger partial charge in [0.1, 0.15) is 0 Å². The van der Waals surface area contributed by atoms with Gasteiger partial charge in [-0.3, -0.25) is 0 Å². The normalized spacial score (nSPS) is 17.5. The summed E-state index contributed by atoms with van der Waals surface area (Å²) >= 11 is 0. The van der Waals surface area contributed by atoms with Crippen LogP contribution in [0.25, 0.3) is 0 Å². The molecule has 0 amide bonds. The molecule has 0 N–H and O–H groups in total. The quantitative estimate of drug-likeness (QED) is 0.806. The van der Waals surface area contributed by atoms with Gasteiger partial charge in [-0.05, 0) is 30.5 Å². The van der Waals surface area contributed by atoms with Crippen molar-refractivity contribution in [3.05, 3.63) is 29.8 Å². The number of anilines is 1. The summed E-state index contributed by atoms with van der Waals surface area (Å²) in [5.41, 5.74) is -0.212. The monoisotopic (exact) mass is 364 g/mol. The SMILES string of the molecule is CC(C)CCS(=O)(=O)N1CCN(c2cccc(C(F)(F)F)c2)CC1. The number of hydrogen-bond donors (Lipinski definition) is 0. The van der Waals surface area contributed by atoms with Crippen molar-refractivity contribution in [2.24, 2.45) is 5.92 Å². The molecule has 2 rings (SSSR count). The fourth-order valence-corrected chi connectivity index (χ4v) is 4.36. The van der Waals surface area contributed by atoms with Gasteiger partial charge in [0.25, 0.3) is 0 Å². The third kappa shape index (κ3) is 4.86. The number of hydrogen-bond acceptors (Lipinski definition) is 3. The van der Waals surface area contributed by atoms with E-state index < -0.39 is 21.8 Å².